The Bertz CT molecular complexity index is 2190. The summed E-state index contributed by atoms with van der Waals surface area (Å²) in [6.07, 6.45) is 0. The zero-order chi connectivity index (χ0) is 23.1. The summed E-state index contributed by atoms with van der Waals surface area (Å²) in [5, 5.41) is 7.69. The molecule has 0 amide bonds. The van der Waals surface area contributed by atoms with Gasteiger partial charge in [0.05, 0.1) is 16.6 Å². The van der Waals surface area contributed by atoms with E-state index < -0.39 is 0 Å². The highest BCUT2D eigenvalue weighted by molar-refractivity contribution is 6.29. The molecule has 2 heteroatoms. The molecule has 35 heavy (non-hydrogen) atoms. The third kappa shape index (κ3) is 1.93. The molecule has 2 nitrogen and oxygen atoms in total. The Hall–Kier alpha value is -4.30. The van der Waals surface area contributed by atoms with E-state index in [0.717, 1.165) is 11.2 Å². The Kier molecular flexibility index (Phi) is 2.93. The van der Waals surface area contributed by atoms with Crippen molar-refractivity contribution in [1.29, 1.82) is 0 Å². The van der Waals surface area contributed by atoms with E-state index in [-0.39, 0.29) is 5.41 Å². The van der Waals surface area contributed by atoms with Crippen LogP contribution in [0, 0.1) is 0 Å². The topological polar surface area (TPSA) is 17.6 Å². The lowest BCUT2D eigenvalue weighted by atomic mass is 9.81. The molecule has 0 radical (unpaired) electrons. The van der Waals surface area contributed by atoms with Crippen LogP contribution in [0.1, 0.15) is 25.0 Å². The molecule has 164 valence electrons. The predicted octanol–water partition coefficient (Wildman–Crippen LogP) is 9.04. The first kappa shape index (κ1) is 18.1. The molecule has 0 unspecified atom stereocenters. The first-order valence-corrected chi connectivity index (χ1v) is 12.3. The van der Waals surface area contributed by atoms with Gasteiger partial charge in [0.25, 0.3) is 0 Å². The van der Waals surface area contributed by atoms with Gasteiger partial charge in [0.2, 0.25) is 0 Å². The molecule has 0 saturated heterocycles. The molecule has 3 heterocycles. The van der Waals surface area contributed by atoms with Crippen LogP contribution in [-0.2, 0) is 5.41 Å². The molecule has 3 aromatic heterocycles. The zero-order valence-corrected chi connectivity index (χ0v) is 19.5. The van der Waals surface area contributed by atoms with Crippen molar-refractivity contribution in [2.45, 2.75) is 19.3 Å². The van der Waals surface area contributed by atoms with Crippen molar-refractivity contribution in [3.05, 3.63) is 102 Å². The number of rotatable bonds is 0. The summed E-state index contributed by atoms with van der Waals surface area (Å²) in [7, 11) is 0. The number of furan rings is 1. The molecule has 9 rings (SSSR count). The fraction of sp³-hybridized carbons (Fsp3) is 0.0909. The second-order valence-corrected chi connectivity index (χ2v) is 10.6. The molecule has 1 aliphatic carbocycles. The van der Waals surface area contributed by atoms with Gasteiger partial charge < -0.3 is 8.82 Å². The highest BCUT2D eigenvalue weighted by Crippen LogP contribution is 2.55. The third-order valence-electron chi connectivity index (χ3n) is 8.51. The van der Waals surface area contributed by atoms with Crippen molar-refractivity contribution >= 4 is 60.0 Å². The minimum absolute atomic E-state index is 0.0466. The normalized spacial score (nSPS) is 14.8. The Balaban J connectivity index is 1.59. The molecule has 1 aliphatic rings. The van der Waals surface area contributed by atoms with E-state index in [9.17, 15) is 0 Å². The van der Waals surface area contributed by atoms with E-state index in [0.29, 0.717) is 0 Å². The van der Waals surface area contributed by atoms with E-state index in [2.05, 4.69) is 103 Å². The van der Waals surface area contributed by atoms with Gasteiger partial charge in [-0.3, -0.25) is 0 Å². The highest BCUT2D eigenvalue weighted by atomic mass is 16.3. The van der Waals surface area contributed by atoms with Crippen LogP contribution < -0.4 is 0 Å². The molecule has 0 aliphatic heterocycles. The molecule has 0 atom stereocenters. The van der Waals surface area contributed by atoms with Crippen molar-refractivity contribution in [2.75, 3.05) is 0 Å². The monoisotopic (exact) mass is 447 g/mol. The standard InChI is InChI=1S/C33H21NO/c1-33(2)24-12-6-3-10-19(24)30-25(33)16-23-21-15-22-18-9-5-8-14-28(18)35-29(22)17-27(21)34-26-13-7-4-11-20(26)31(30)32(23)34/h3-17H,1-2H3. The van der Waals surface area contributed by atoms with Crippen LogP contribution in [0.4, 0.5) is 0 Å². The van der Waals surface area contributed by atoms with Crippen LogP contribution >= 0.6 is 0 Å². The van der Waals surface area contributed by atoms with E-state index >= 15 is 0 Å². The molecule has 0 N–H and O–H groups in total. The molecule has 0 bridgehead atoms. The second kappa shape index (κ2) is 5.67. The third-order valence-corrected chi connectivity index (χ3v) is 8.51. The van der Waals surface area contributed by atoms with Crippen molar-refractivity contribution in [3.63, 3.8) is 0 Å². The minimum atomic E-state index is -0.0466. The molecule has 0 spiro atoms. The SMILES string of the molecule is CC1(C)c2ccccc2-c2c1cc1c3cc4c(cc3n3c5ccccc5c2c13)oc1ccccc14. The number of aromatic nitrogens is 1. The van der Waals surface area contributed by atoms with E-state index in [4.69, 9.17) is 4.42 Å². The molecule has 8 aromatic rings. The number of hydrogen-bond acceptors (Lipinski definition) is 1. The Morgan fingerprint density at radius 1 is 0.600 bits per heavy atom. The first-order chi connectivity index (χ1) is 17.1. The van der Waals surface area contributed by atoms with E-state index in [1.165, 1.54) is 71.1 Å². The summed E-state index contributed by atoms with van der Waals surface area (Å²) in [6.45, 7) is 4.75. The van der Waals surface area contributed by atoms with E-state index in [1.807, 2.05) is 6.07 Å². The van der Waals surface area contributed by atoms with Crippen LogP contribution in [0.25, 0.3) is 71.2 Å². The largest absolute Gasteiger partial charge is 0.456 e. The molecule has 0 fully saturated rings. The smallest absolute Gasteiger partial charge is 0.137 e. The van der Waals surface area contributed by atoms with Crippen molar-refractivity contribution in [2.24, 2.45) is 0 Å². The summed E-state index contributed by atoms with van der Waals surface area (Å²) in [5.41, 5.74) is 11.3. The maximum Gasteiger partial charge on any atom is 0.137 e. The summed E-state index contributed by atoms with van der Waals surface area (Å²) in [4.78, 5) is 0. The lowest BCUT2D eigenvalue weighted by molar-refractivity contribution is 0.661. The molecule has 5 aromatic carbocycles. The number of para-hydroxylation sites is 2. The maximum atomic E-state index is 6.31. The second-order valence-electron chi connectivity index (χ2n) is 10.6. The van der Waals surface area contributed by atoms with Gasteiger partial charge in [0.1, 0.15) is 11.2 Å². The van der Waals surface area contributed by atoms with Gasteiger partial charge in [-0.1, -0.05) is 74.5 Å². The van der Waals surface area contributed by atoms with Crippen LogP contribution in [-0.4, -0.2) is 4.40 Å². The molecular weight excluding hydrogens is 426 g/mol. The van der Waals surface area contributed by atoms with Gasteiger partial charge in [-0.2, -0.15) is 0 Å². The minimum Gasteiger partial charge on any atom is -0.456 e. The van der Waals surface area contributed by atoms with Gasteiger partial charge in [-0.25, -0.2) is 0 Å². The number of fused-ring (bicyclic) bond motifs is 13. The molecular formula is C33H21NO. The van der Waals surface area contributed by atoms with Gasteiger partial charge in [-0.05, 0) is 46.5 Å². The maximum absolute atomic E-state index is 6.31. The fourth-order valence-electron chi connectivity index (χ4n) is 6.95. The molecule has 0 saturated carbocycles. The van der Waals surface area contributed by atoms with Crippen LogP contribution in [0.2, 0.25) is 0 Å². The number of benzene rings is 5. The summed E-state index contributed by atoms with van der Waals surface area (Å²) in [6, 6.07) is 33.3. The zero-order valence-electron chi connectivity index (χ0n) is 19.5. The fourth-order valence-corrected chi connectivity index (χ4v) is 6.95. The van der Waals surface area contributed by atoms with Crippen molar-refractivity contribution < 1.29 is 4.42 Å². The summed E-state index contributed by atoms with van der Waals surface area (Å²) >= 11 is 0. The highest BCUT2D eigenvalue weighted by Gasteiger charge is 2.38. The Morgan fingerprint density at radius 2 is 1.37 bits per heavy atom. The summed E-state index contributed by atoms with van der Waals surface area (Å²) < 4.78 is 8.78. The van der Waals surface area contributed by atoms with Crippen LogP contribution in [0.3, 0.4) is 0 Å². The lowest BCUT2D eigenvalue weighted by Crippen LogP contribution is -2.14. The summed E-state index contributed by atoms with van der Waals surface area (Å²) in [5.74, 6) is 0. The number of nitrogens with zero attached hydrogens (tertiary/aromatic N) is 1. The van der Waals surface area contributed by atoms with Gasteiger partial charge >= 0.3 is 0 Å². The lowest BCUT2D eigenvalue weighted by Gasteiger charge is -2.21. The Morgan fingerprint density at radius 3 is 2.29 bits per heavy atom. The van der Waals surface area contributed by atoms with Crippen LogP contribution in [0.15, 0.2) is 95.4 Å². The number of hydrogen-bond donors (Lipinski definition) is 0. The van der Waals surface area contributed by atoms with E-state index in [1.54, 1.807) is 0 Å². The quantitative estimate of drug-likeness (QED) is 0.227. The average molecular weight is 448 g/mol. The van der Waals surface area contributed by atoms with Gasteiger partial charge in [0.15, 0.2) is 0 Å². The predicted molar refractivity (Wildman–Crippen MR) is 146 cm³/mol. The average Bonchev–Trinajstić information content (AvgIpc) is 3.57. The van der Waals surface area contributed by atoms with Crippen molar-refractivity contribution in [1.82, 2.24) is 4.40 Å². The first-order valence-electron chi connectivity index (χ1n) is 12.3. The van der Waals surface area contributed by atoms with Gasteiger partial charge in [0, 0.05) is 43.8 Å². The Labute approximate surface area is 201 Å². The van der Waals surface area contributed by atoms with Crippen molar-refractivity contribution in [3.8, 4) is 11.1 Å². The van der Waals surface area contributed by atoms with Gasteiger partial charge in [-0.15, -0.1) is 0 Å². The van der Waals surface area contributed by atoms with Crippen LogP contribution in [0.5, 0.6) is 0 Å².